The molecule has 1 N–H and O–H groups in total. The van der Waals surface area contributed by atoms with Crippen molar-refractivity contribution in [3.63, 3.8) is 0 Å². The Kier molecular flexibility index (Phi) is 4.65. The average molecular weight is 322 g/mol. The number of anilines is 1. The Hall–Kier alpha value is -2.62. The van der Waals surface area contributed by atoms with Crippen LogP contribution in [0.15, 0.2) is 54.6 Å². The molecule has 2 atom stereocenters. The summed E-state index contributed by atoms with van der Waals surface area (Å²) in [5.41, 5.74) is 2.98. The number of nitrogens with one attached hydrogen (secondary N) is 1. The molecule has 124 valence electrons. The first-order valence-corrected chi connectivity index (χ1v) is 8.30. The Balaban J connectivity index is 1.69. The third-order valence-electron chi connectivity index (χ3n) is 4.59. The molecule has 0 radical (unpaired) electrons. The summed E-state index contributed by atoms with van der Waals surface area (Å²) in [7, 11) is 0. The lowest BCUT2D eigenvalue weighted by Crippen LogP contribution is -2.38. The van der Waals surface area contributed by atoms with E-state index in [4.69, 9.17) is 0 Å². The van der Waals surface area contributed by atoms with E-state index in [1.807, 2.05) is 68.4 Å². The molecule has 1 saturated heterocycles. The van der Waals surface area contributed by atoms with Crippen LogP contribution in [0.1, 0.15) is 30.5 Å². The Bertz CT molecular complexity index is 742. The van der Waals surface area contributed by atoms with Gasteiger partial charge in [-0.05, 0) is 37.5 Å². The van der Waals surface area contributed by atoms with Crippen molar-refractivity contribution in [3.05, 3.63) is 65.7 Å². The van der Waals surface area contributed by atoms with E-state index < -0.39 is 5.92 Å². The highest BCUT2D eigenvalue weighted by Crippen LogP contribution is 2.28. The first-order valence-electron chi connectivity index (χ1n) is 8.30. The highest BCUT2D eigenvalue weighted by molar-refractivity contribution is 6.10. The van der Waals surface area contributed by atoms with E-state index in [1.165, 1.54) is 0 Å². The highest BCUT2D eigenvalue weighted by Gasteiger charge is 2.38. The summed E-state index contributed by atoms with van der Waals surface area (Å²) < 4.78 is 0. The first-order chi connectivity index (χ1) is 11.6. The van der Waals surface area contributed by atoms with Gasteiger partial charge in [0.1, 0.15) is 5.92 Å². The van der Waals surface area contributed by atoms with Crippen LogP contribution >= 0.6 is 0 Å². The number of hydrogen-bond donors (Lipinski definition) is 1. The first kappa shape index (κ1) is 16.2. The Morgan fingerprint density at radius 2 is 1.79 bits per heavy atom. The standard InChI is InChI=1S/C20H22N2O2/c1-14-8-6-7-11-18(14)22-13-12-17(20(22)24)19(23)21-15(2)16-9-4-3-5-10-16/h3-11,15,17H,12-13H2,1-2H3,(H,21,23)/t15-,17-/m0/s1. The lowest BCUT2D eigenvalue weighted by Gasteiger charge is -2.20. The van der Waals surface area contributed by atoms with E-state index in [9.17, 15) is 9.59 Å². The van der Waals surface area contributed by atoms with Crippen LogP contribution in [0.2, 0.25) is 0 Å². The van der Waals surface area contributed by atoms with Gasteiger partial charge in [-0.25, -0.2) is 0 Å². The normalized spacial score (nSPS) is 18.5. The molecule has 3 rings (SSSR count). The van der Waals surface area contributed by atoms with E-state index in [-0.39, 0.29) is 17.9 Å². The molecule has 2 aromatic rings. The van der Waals surface area contributed by atoms with Crippen molar-refractivity contribution in [3.8, 4) is 0 Å². The van der Waals surface area contributed by atoms with Gasteiger partial charge in [0.25, 0.3) is 0 Å². The summed E-state index contributed by atoms with van der Waals surface area (Å²) in [4.78, 5) is 27.0. The van der Waals surface area contributed by atoms with Crippen molar-refractivity contribution in [2.45, 2.75) is 26.3 Å². The second-order valence-corrected chi connectivity index (χ2v) is 6.26. The summed E-state index contributed by atoms with van der Waals surface area (Å²) in [5, 5.41) is 2.97. The topological polar surface area (TPSA) is 49.4 Å². The van der Waals surface area contributed by atoms with Gasteiger partial charge in [-0.1, -0.05) is 48.5 Å². The van der Waals surface area contributed by atoms with Crippen LogP contribution in [0.4, 0.5) is 5.69 Å². The zero-order valence-corrected chi connectivity index (χ0v) is 14.0. The minimum atomic E-state index is -0.601. The van der Waals surface area contributed by atoms with E-state index in [0.717, 1.165) is 16.8 Å². The monoisotopic (exact) mass is 322 g/mol. The summed E-state index contributed by atoms with van der Waals surface area (Å²) in [5.74, 6) is -0.898. The van der Waals surface area contributed by atoms with Gasteiger partial charge in [-0.3, -0.25) is 9.59 Å². The van der Waals surface area contributed by atoms with Crippen LogP contribution in [-0.4, -0.2) is 18.4 Å². The van der Waals surface area contributed by atoms with E-state index in [0.29, 0.717) is 13.0 Å². The number of rotatable bonds is 4. The maximum Gasteiger partial charge on any atom is 0.239 e. The van der Waals surface area contributed by atoms with Gasteiger partial charge in [-0.15, -0.1) is 0 Å². The summed E-state index contributed by atoms with van der Waals surface area (Å²) in [6.07, 6.45) is 0.556. The van der Waals surface area contributed by atoms with Crippen LogP contribution in [0.3, 0.4) is 0 Å². The van der Waals surface area contributed by atoms with Crippen LogP contribution < -0.4 is 10.2 Å². The number of amides is 2. The minimum absolute atomic E-state index is 0.109. The molecule has 0 bridgehead atoms. The number of hydrogen-bond acceptors (Lipinski definition) is 2. The molecule has 0 aliphatic carbocycles. The van der Waals surface area contributed by atoms with Gasteiger partial charge < -0.3 is 10.2 Å². The lowest BCUT2D eigenvalue weighted by atomic mass is 10.0. The Morgan fingerprint density at radius 1 is 1.12 bits per heavy atom. The van der Waals surface area contributed by atoms with Gasteiger partial charge in [0.05, 0.1) is 6.04 Å². The van der Waals surface area contributed by atoms with Gasteiger partial charge in [0.15, 0.2) is 0 Å². The van der Waals surface area contributed by atoms with Crippen LogP contribution in [0.5, 0.6) is 0 Å². The minimum Gasteiger partial charge on any atom is -0.349 e. The van der Waals surface area contributed by atoms with Crippen molar-refractivity contribution in [2.75, 3.05) is 11.4 Å². The van der Waals surface area contributed by atoms with Crippen molar-refractivity contribution in [1.82, 2.24) is 5.32 Å². The molecular formula is C20H22N2O2. The molecule has 1 aliphatic rings. The lowest BCUT2D eigenvalue weighted by molar-refractivity contribution is -0.132. The molecule has 24 heavy (non-hydrogen) atoms. The number of carbonyl (C=O) groups is 2. The largest absolute Gasteiger partial charge is 0.349 e. The van der Waals surface area contributed by atoms with Crippen molar-refractivity contribution < 1.29 is 9.59 Å². The quantitative estimate of drug-likeness (QED) is 0.879. The number of carbonyl (C=O) groups excluding carboxylic acids is 2. The van der Waals surface area contributed by atoms with E-state index in [2.05, 4.69) is 5.32 Å². The molecule has 0 aromatic heterocycles. The fourth-order valence-corrected chi connectivity index (χ4v) is 3.17. The number of aryl methyl sites for hydroxylation is 1. The third kappa shape index (κ3) is 3.18. The predicted molar refractivity (Wildman–Crippen MR) is 94.6 cm³/mol. The summed E-state index contributed by atoms with van der Waals surface area (Å²) in [6, 6.07) is 17.4. The molecule has 1 fully saturated rings. The van der Waals surface area contributed by atoms with Gasteiger partial charge in [0.2, 0.25) is 11.8 Å². The smallest absolute Gasteiger partial charge is 0.239 e. The SMILES string of the molecule is Cc1ccccc1N1CC[C@@H](C(=O)N[C@@H](C)c2ccccc2)C1=O. The molecule has 4 nitrogen and oxygen atoms in total. The average Bonchev–Trinajstić information content (AvgIpc) is 2.97. The zero-order valence-electron chi connectivity index (χ0n) is 14.0. The Morgan fingerprint density at radius 3 is 2.50 bits per heavy atom. The third-order valence-corrected chi connectivity index (χ3v) is 4.59. The Labute approximate surface area is 142 Å². The van der Waals surface area contributed by atoms with E-state index in [1.54, 1.807) is 4.90 Å². The number of para-hydroxylation sites is 1. The molecule has 1 heterocycles. The molecule has 0 spiro atoms. The van der Waals surface area contributed by atoms with Crippen LogP contribution in [0, 0.1) is 12.8 Å². The molecular weight excluding hydrogens is 300 g/mol. The second kappa shape index (κ2) is 6.87. The summed E-state index contributed by atoms with van der Waals surface area (Å²) >= 11 is 0. The van der Waals surface area contributed by atoms with Crippen molar-refractivity contribution in [1.29, 1.82) is 0 Å². The maximum atomic E-state index is 12.7. The predicted octanol–water partition coefficient (Wildman–Crippen LogP) is 3.23. The fraction of sp³-hybridized carbons (Fsp3) is 0.300. The number of benzene rings is 2. The molecule has 4 heteroatoms. The van der Waals surface area contributed by atoms with Crippen molar-refractivity contribution in [2.24, 2.45) is 5.92 Å². The zero-order chi connectivity index (χ0) is 17.1. The van der Waals surface area contributed by atoms with Gasteiger partial charge >= 0.3 is 0 Å². The number of nitrogens with zero attached hydrogens (tertiary/aromatic N) is 1. The molecule has 2 amide bonds. The fourth-order valence-electron chi connectivity index (χ4n) is 3.17. The van der Waals surface area contributed by atoms with Gasteiger partial charge in [-0.2, -0.15) is 0 Å². The van der Waals surface area contributed by atoms with Crippen LogP contribution in [0.25, 0.3) is 0 Å². The van der Waals surface area contributed by atoms with Gasteiger partial charge in [0, 0.05) is 12.2 Å². The molecule has 0 saturated carbocycles. The molecule has 0 unspecified atom stereocenters. The van der Waals surface area contributed by atoms with Crippen LogP contribution in [-0.2, 0) is 9.59 Å². The highest BCUT2D eigenvalue weighted by atomic mass is 16.2. The summed E-state index contributed by atoms with van der Waals surface area (Å²) in [6.45, 7) is 4.50. The molecule has 1 aliphatic heterocycles. The van der Waals surface area contributed by atoms with Crippen molar-refractivity contribution >= 4 is 17.5 Å². The second-order valence-electron chi connectivity index (χ2n) is 6.26. The maximum absolute atomic E-state index is 12.7. The van der Waals surface area contributed by atoms with E-state index >= 15 is 0 Å². The molecule has 2 aromatic carbocycles.